The van der Waals surface area contributed by atoms with Crippen LogP contribution in [0, 0.1) is 17.5 Å². The Morgan fingerprint density at radius 1 is 1.18 bits per heavy atom. The summed E-state index contributed by atoms with van der Waals surface area (Å²) in [5, 5.41) is 21.6. The number of hydrogen-bond acceptors (Lipinski definition) is 4. The highest BCUT2D eigenvalue weighted by atomic mass is 19.2. The van der Waals surface area contributed by atoms with E-state index in [1.165, 1.54) is 0 Å². The Labute approximate surface area is 125 Å². The first-order valence-corrected chi connectivity index (χ1v) is 6.48. The van der Waals surface area contributed by atoms with Gasteiger partial charge in [-0.3, -0.25) is 0 Å². The van der Waals surface area contributed by atoms with Gasteiger partial charge in [-0.05, 0) is 26.8 Å². The minimum atomic E-state index is -1.84. The van der Waals surface area contributed by atoms with Crippen molar-refractivity contribution in [2.45, 2.75) is 38.6 Å². The molecule has 22 heavy (non-hydrogen) atoms. The molecule has 0 fully saturated rings. The van der Waals surface area contributed by atoms with Crippen molar-refractivity contribution >= 4 is 6.09 Å². The highest BCUT2D eigenvalue weighted by Gasteiger charge is 2.25. The molecular formula is C14H18F3NO4. The number of alkyl carbamates (subject to hydrolysis) is 1. The van der Waals surface area contributed by atoms with Crippen molar-refractivity contribution < 1.29 is 32.9 Å². The number of benzene rings is 1. The van der Waals surface area contributed by atoms with Crippen molar-refractivity contribution in [3.05, 3.63) is 35.1 Å². The van der Waals surface area contributed by atoms with Crippen LogP contribution in [0.5, 0.6) is 0 Å². The van der Waals surface area contributed by atoms with Crippen LogP contribution in [0.25, 0.3) is 0 Å². The van der Waals surface area contributed by atoms with Gasteiger partial charge in [0.25, 0.3) is 0 Å². The molecule has 2 unspecified atom stereocenters. The Morgan fingerprint density at radius 2 is 1.73 bits per heavy atom. The zero-order valence-corrected chi connectivity index (χ0v) is 12.4. The number of nitrogens with one attached hydrogen (secondary N) is 1. The Hall–Kier alpha value is -1.80. The number of hydrogen-bond donors (Lipinski definition) is 3. The predicted octanol–water partition coefficient (Wildman–Crippen LogP) is 2.02. The molecule has 3 N–H and O–H groups in total. The number of aliphatic hydroxyl groups is 2. The molecule has 0 radical (unpaired) electrons. The molecule has 8 heteroatoms. The number of ether oxygens (including phenoxy) is 1. The van der Waals surface area contributed by atoms with Gasteiger partial charge >= 0.3 is 6.09 Å². The van der Waals surface area contributed by atoms with Crippen molar-refractivity contribution in [3.63, 3.8) is 0 Å². The Balaban J connectivity index is 2.68. The molecule has 1 amide bonds. The summed E-state index contributed by atoms with van der Waals surface area (Å²) in [5.74, 6) is -3.97. The maximum atomic E-state index is 13.5. The third kappa shape index (κ3) is 5.19. The minimum absolute atomic E-state index is 0.266. The highest BCUT2D eigenvalue weighted by Crippen LogP contribution is 2.23. The van der Waals surface area contributed by atoms with Crippen molar-refractivity contribution in [2.75, 3.05) is 6.54 Å². The van der Waals surface area contributed by atoms with Crippen LogP contribution in [0.15, 0.2) is 12.1 Å². The van der Waals surface area contributed by atoms with Crippen molar-refractivity contribution in [2.24, 2.45) is 0 Å². The number of aliphatic hydroxyl groups excluding tert-OH is 2. The molecule has 0 aromatic heterocycles. The molecule has 0 saturated carbocycles. The van der Waals surface area contributed by atoms with Gasteiger partial charge in [0.05, 0.1) is 0 Å². The summed E-state index contributed by atoms with van der Waals surface area (Å²) in [5.41, 5.74) is -1.36. The lowest BCUT2D eigenvalue weighted by atomic mass is 10.0. The van der Waals surface area contributed by atoms with Gasteiger partial charge < -0.3 is 20.3 Å². The predicted molar refractivity (Wildman–Crippen MR) is 71.5 cm³/mol. The molecule has 1 aromatic rings. The van der Waals surface area contributed by atoms with Gasteiger partial charge in [-0.25, -0.2) is 18.0 Å². The van der Waals surface area contributed by atoms with Gasteiger partial charge in [-0.1, -0.05) is 0 Å². The molecule has 124 valence electrons. The Bertz CT molecular complexity index is 546. The van der Waals surface area contributed by atoms with Crippen LogP contribution in [0.1, 0.15) is 32.4 Å². The zero-order chi connectivity index (χ0) is 17.1. The molecule has 0 aliphatic heterocycles. The first kappa shape index (κ1) is 18.2. The number of rotatable bonds is 4. The number of carbonyl (C=O) groups is 1. The average molecular weight is 321 g/mol. The monoisotopic (exact) mass is 321 g/mol. The van der Waals surface area contributed by atoms with E-state index in [0.717, 1.165) is 0 Å². The SMILES string of the molecule is CC(C)(C)OC(=O)NCC(O)C(O)c1cc(F)c(F)cc1F. The van der Waals surface area contributed by atoms with E-state index in [9.17, 15) is 28.2 Å². The molecule has 0 aliphatic rings. The first-order chi connectivity index (χ1) is 10.0. The molecule has 2 atom stereocenters. The van der Waals surface area contributed by atoms with Crippen LogP contribution in [-0.4, -0.2) is 34.6 Å². The first-order valence-electron chi connectivity index (χ1n) is 6.48. The van der Waals surface area contributed by atoms with E-state index < -0.39 is 53.5 Å². The van der Waals surface area contributed by atoms with Crippen LogP contribution in [0.3, 0.4) is 0 Å². The number of carbonyl (C=O) groups excluding carboxylic acids is 1. The van der Waals surface area contributed by atoms with Crippen molar-refractivity contribution in [3.8, 4) is 0 Å². The molecule has 0 spiro atoms. The summed E-state index contributed by atoms with van der Waals surface area (Å²) in [7, 11) is 0. The topological polar surface area (TPSA) is 78.8 Å². The number of halogens is 3. The van der Waals surface area contributed by atoms with Gasteiger partial charge in [-0.15, -0.1) is 0 Å². The lowest BCUT2D eigenvalue weighted by Gasteiger charge is -2.22. The summed E-state index contributed by atoms with van der Waals surface area (Å²) < 4.78 is 44.2. The Kier molecular flexibility index (Phi) is 5.78. The maximum absolute atomic E-state index is 13.5. The van der Waals surface area contributed by atoms with Gasteiger partial charge in [0, 0.05) is 18.2 Å². The van der Waals surface area contributed by atoms with Gasteiger partial charge in [0.15, 0.2) is 11.6 Å². The second-order valence-electron chi connectivity index (χ2n) is 5.68. The van der Waals surface area contributed by atoms with E-state index in [-0.39, 0.29) is 6.07 Å². The van der Waals surface area contributed by atoms with E-state index in [0.29, 0.717) is 6.07 Å². The third-order valence-corrected chi connectivity index (χ3v) is 2.58. The number of amides is 1. The van der Waals surface area contributed by atoms with Crippen LogP contribution >= 0.6 is 0 Å². The van der Waals surface area contributed by atoms with Crippen molar-refractivity contribution in [1.82, 2.24) is 5.32 Å². The standard InChI is InChI=1S/C14H18F3NO4/c1-14(2,3)22-13(21)18-6-11(19)12(20)7-4-9(16)10(17)5-8(7)15/h4-5,11-12,19-20H,6H2,1-3H3,(H,18,21). The third-order valence-electron chi connectivity index (χ3n) is 2.58. The fraction of sp³-hybridized carbons (Fsp3) is 0.500. The second kappa shape index (κ2) is 6.97. The highest BCUT2D eigenvalue weighted by molar-refractivity contribution is 5.67. The molecule has 1 rings (SSSR count). The lowest BCUT2D eigenvalue weighted by molar-refractivity contribution is 0.0111. The zero-order valence-electron chi connectivity index (χ0n) is 12.4. The molecule has 0 heterocycles. The molecule has 1 aromatic carbocycles. The molecule has 5 nitrogen and oxygen atoms in total. The minimum Gasteiger partial charge on any atom is -0.444 e. The average Bonchev–Trinajstić information content (AvgIpc) is 2.37. The normalized spacial score (nSPS) is 14.4. The van der Waals surface area contributed by atoms with E-state index in [4.69, 9.17) is 4.74 Å². The summed E-state index contributed by atoms with van der Waals surface area (Å²) in [6.45, 7) is 4.44. The van der Waals surface area contributed by atoms with Crippen LogP contribution in [0.4, 0.5) is 18.0 Å². The van der Waals surface area contributed by atoms with Gasteiger partial charge in [0.1, 0.15) is 23.6 Å². The molecule has 0 saturated heterocycles. The van der Waals surface area contributed by atoms with Crippen LogP contribution < -0.4 is 5.32 Å². The fourth-order valence-electron chi connectivity index (χ4n) is 1.59. The van der Waals surface area contributed by atoms with Crippen LogP contribution in [-0.2, 0) is 4.74 Å². The molecule has 0 bridgehead atoms. The van der Waals surface area contributed by atoms with Crippen LogP contribution in [0.2, 0.25) is 0 Å². The van der Waals surface area contributed by atoms with E-state index >= 15 is 0 Å². The van der Waals surface area contributed by atoms with E-state index in [1.807, 2.05) is 0 Å². The van der Waals surface area contributed by atoms with Gasteiger partial charge in [0.2, 0.25) is 0 Å². The van der Waals surface area contributed by atoms with E-state index in [1.54, 1.807) is 20.8 Å². The molecule has 0 aliphatic carbocycles. The summed E-state index contributed by atoms with van der Waals surface area (Å²) in [4.78, 5) is 11.4. The summed E-state index contributed by atoms with van der Waals surface area (Å²) >= 11 is 0. The smallest absolute Gasteiger partial charge is 0.407 e. The van der Waals surface area contributed by atoms with E-state index in [2.05, 4.69) is 5.32 Å². The maximum Gasteiger partial charge on any atom is 0.407 e. The fourth-order valence-corrected chi connectivity index (χ4v) is 1.59. The summed E-state index contributed by atoms with van der Waals surface area (Å²) in [6.07, 6.45) is -4.32. The lowest BCUT2D eigenvalue weighted by Crippen LogP contribution is -2.39. The second-order valence-corrected chi connectivity index (χ2v) is 5.68. The quantitative estimate of drug-likeness (QED) is 0.742. The van der Waals surface area contributed by atoms with Crippen molar-refractivity contribution in [1.29, 1.82) is 0 Å². The molecular weight excluding hydrogens is 303 g/mol. The largest absolute Gasteiger partial charge is 0.444 e. The summed E-state index contributed by atoms with van der Waals surface area (Å²) in [6, 6.07) is 0.716. The Morgan fingerprint density at radius 3 is 2.27 bits per heavy atom. The van der Waals surface area contributed by atoms with Gasteiger partial charge in [-0.2, -0.15) is 0 Å².